The minimum atomic E-state index is -1.18. The van der Waals surface area contributed by atoms with E-state index in [1.807, 2.05) is 6.92 Å². The smallest absolute Gasteiger partial charge is 0.277 e. The van der Waals surface area contributed by atoms with Gasteiger partial charge in [-0.05, 0) is 52.3 Å². The van der Waals surface area contributed by atoms with Gasteiger partial charge in [0.15, 0.2) is 5.82 Å². The molecule has 8 nitrogen and oxygen atoms in total. The first-order chi connectivity index (χ1) is 16.8. The Morgan fingerprint density at radius 3 is 2.58 bits per heavy atom. The first-order valence-electron chi connectivity index (χ1n) is 10.9. The van der Waals surface area contributed by atoms with Gasteiger partial charge in [0.25, 0.3) is 5.56 Å². The van der Waals surface area contributed by atoms with Gasteiger partial charge in [-0.15, -0.1) is 0 Å². The van der Waals surface area contributed by atoms with E-state index < -0.39 is 17.0 Å². The average molecular weight is 534 g/mol. The number of aliphatic imine (C=N–C) groups is 1. The maximum Gasteiger partial charge on any atom is 0.277 e. The molecule has 0 fully saturated rings. The van der Waals surface area contributed by atoms with Crippen molar-refractivity contribution in [3.05, 3.63) is 85.0 Å². The number of aromatic nitrogens is 3. The summed E-state index contributed by atoms with van der Waals surface area (Å²) in [6, 6.07) is 2.75. The highest BCUT2D eigenvalue weighted by Crippen LogP contribution is 2.30. The molecule has 0 aliphatic rings. The van der Waals surface area contributed by atoms with Crippen molar-refractivity contribution in [3.63, 3.8) is 0 Å². The second-order valence-corrected chi connectivity index (χ2v) is 9.46. The minimum absolute atomic E-state index is 0.102. The van der Waals surface area contributed by atoms with Gasteiger partial charge in [-0.3, -0.25) is 14.3 Å². The molecule has 36 heavy (non-hydrogen) atoms. The molecule has 0 amide bonds. The molecule has 3 aromatic rings. The third-order valence-electron chi connectivity index (χ3n) is 5.37. The van der Waals surface area contributed by atoms with Gasteiger partial charge in [0.2, 0.25) is 0 Å². The molecule has 0 aromatic carbocycles. The number of nitrogens with zero attached hydrogens (tertiary/aromatic N) is 4. The lowest BCUT2D eigenvalue weighted by Gasteiger charge is -2.18. The zero-order valence-electron chi connectivity index (χ0n) is 20.4. The highest BCUT2D eigenvalue weighted by atomic mass is 35.5. The first kappa shape index (κ1) is 27.3. The number of aryl methyl sites for hydroxylation is 2. The van der Waals surface area contributed by atoms with Crippen LogP contribution in [0.4, 0.5) is 10.2 Å². The monoisotopic (exact) mass is 533 g/mol. The Hall–Kier alpha value is -3.27. The van der Waals surface area contributed by atoms with Crippen molar-refractivity contribution in [1.29, 1.82) is 0 Å². The van der Waals surface area contributed by atoms with E-state index in [2.05, 4.69) is 15.0 Å². The fourth-order valence-electron chi connectivity index (χ4n) is 3.34. The van der Waals surface area contributed by atoms with Crippen LogP contribution in [-0.4, -0.2) is 31.5 Å². The van der Waals surface area contributed by atoms with Gasteiger partial charge in [0, 0.05) is 35.4 Å². The van der Waals surface area contributed by atoms with Gasteiger partial charge in [-0.25, -0.2) is 14.4 Å². The summed E-state index contributed by atoms with van der Waals surface area (Å²) in [5, 5.41) is 9.91. The predicted octanol–water partition coefficient (Wildman–Crippen LogP) is 4.89. The molecule has 0 aliphatic heterocycles. The van der Waals surface area contributed by atoms with E-state index in [-0.39, 0.29) is 28.1 Å². The van der Waals surface area contributed by atoms with Crippen LogP contribution in [0, 0.1) is 26.6 Å². The maximum atomic E-state index is 13.3. The normalized spacial score (nSPS) is 12.4. The standard InChI is InChI=1S/C25H26Cl2FN5O3/c1-13-10-32-23(30-7-6-20(29)25(4,5)35)15(3)22(13)33-14(2)8-19(21(27)24(33)34)36-12-18-17(26)9-16(28)11-31-18/h6-11,35H,12,29H2,1-5H3. The first-order valence-corrected chi connectivity index (χ1v) is 11.6. The van der Waals surface area contributed by atoms with Crippen LogP contribution in [0.25, 0.3) is 5.69 Å². The Labute approximate surface area is 217 Å². The van der Waals surface area contributed by atoms with Gasteiger partial charge in [-0.1, -0.05) is 23.2 Å². The summed E-state index contributed by atoms with van der Waals surface area (Å²) in [7, 11) is 0. The number of allylic oxidation sites excluding steroid dienone is 1. The van der Waals surface area contributed by atoms with Crippen LogP contribution >= 0.6 is 23.2 Å². The second kappa shape index (κ2) is 10.8. The molecule has 0 atom stereocenters. The number of hydrogen-bond acceptors (Lipinski definition) is 7. The molecule has 0 radical (unpaired) electrons. The lowest BCUT2D eigenvalue weighted by molar-refractivity contribution is 0.118. The Bertz CT molecular complexity index is 1430. The summed E-state index contributed by atoms with van der Waals surface area (Å²) in [5.41, 5.74) is 7.21. The second-order valence-electron chi connectivity index (χ2n) is 8.67. The van der Waals surface area contributed by atoms with Crippen LogP contribution in [0.1, 0.15) is 36.4 Å². The lowest BCUT2D eigenvalue weighted by atomic mass is 10.1. The van der Waals surface area contributed by atoms with Crippen LogP contribution in [0.15, 0.2) is 46.1 Å². The summed E-state index contributed by atoms with van der Waals surface area (Å²) in [4.78, 5) is 25.9. The van der Waals surface area contributed by atoms with E-state index in [0.29, 0.717) is 28.5 Å². The third kappa shape index (κ3) is 5.92. The highest BCUT2D eigenvalue weighted by Gasteiger charge is 2.19. The van der Waals surface area contributed by atoms with Gasteiger partial charge >= 0.3 is 0 Å². The highest BCUT2D eigenvalue weighted by molar-refractivity contribution is 6.32. The molecule has 0 spiro atoms. The van der Waals surface area contributed by atoms with Gasteiger partial charge < -0.3 is 15.6 Å². The number of pyridine rings is 3. The molecule has 11 heteroatoms. The fraction of sp³-hybridized carbons (Fsp3) is 0.280. The van der Waals surface area contributed by atoms with Crippen molar-refractivity contribution in [3.8, 4) is 11.4 Å². The zero-order valence-corrected chi connectivity index (χ0v) is 21.9. The van der Waals surface area contributed by atoms with Crippen molar-refractivity contribution in [2.45, 2.75) is 46.8 Å². The molecule has 0 bridgehead atoms. The van der Waals surface area contributed by atoms with Crippen molar-refractivity contribution < 1.29 is 14.2 Å². The summed E-state index contributed by atoms with van der Waals surface area (Å²) < 4.78 is 20.4. The molecular formula is C25H26Cl2FN5O3. The summed E-state index contributed by atoms with van der Waals surface area (Å²) in [5.74, 6) is -0.0497. The molecule has 3 N–H and O–H groups in total. The largest absolute Gasteiger partial charge is 0.485 e. The van der Waals surface area contributed by atoms with Gasteiger partial charge in [0.1, 0.15) is 23.2 Å². The Morgan fingerprint density at radius 2 is 1.94 bits per heavy atom. The quantitative estimate of drug-likeness (QED) is 0.417. The van der Waals surface area contributed by atoms with E-state index in [4.69, 9.17) is 33.7 Å². The number of halogens is 3. The van der Waals surface area contributed by atoms with Crippen LogP contribution < -0.4 is 16.0 Å². The third-order valence-corrected chi connectivity index (χ3v) is 6.05. The number of rotatable bonds is 7. The number of ether oxygens (including phenoxy) is 1. The number of aliphatic hydroxyl groups is 1. The number of nitrogens with two attached hydrogens (primary N) is 1. The Kier molecular flexibility index (Phi) is 8.18. The van der Waals surface area contributed by atoms with E-state index >= 15 is 0 Å². The summed E-state index contributed by atoms with van der Waals surface area (Å²) in [6.45, 7) is 8.38. The molecule has 0 saturated carbocycles. The van der Waals surface area contributed by atoms with Crippen LogP contribution in [0.2, 0.25) is 10.0 Å². The molecular weight excluding hydrogens is 508 g/mol. The van der Waals surface area contributed by atoms with Crippen LogP contribution in [-0.2, 0) is 6.61 Å². The van der Waals surface area contributed by atoms with E-state index in [9.17, 15) is 14.3 Å². The van der Waals surface area contributed by atoms with Crippen molar-refractivity contribution >= 4 is 35.2 Å². The maximum absolute atomic E-state index is 13.3. The Morgan fingerprint density at radius 1 is 1.25 bits per heavy atom. The van der Waals surface area contributed by atoms with Crippen molar-refractivity contribution in [1.82, 2.24) is 14.5 Å². The fourth-order valence-corrected chi connectivity index (χ4v) is 3.74. The molecule has 190 valence electrons. The molecule has 3 aromatic heterocycles. The average Bonchev–Trinajstić information content (AvgIpc) is 2.79. The Balaban J connectivity index is 1.99. The lowest BCUT2D eigenvalue weighted by Crippen LogP contribution is -2.27. The van der Waals surface area contributed by atoms with E-state index in [1.165, 1.54) is 16.9 Å². The van der Waals surface area contributed by atoms with Crippen molar-refractivity contribution in [2.24, 2.45) is 10.7 Å². The van der Waals surface area contributed by atoms with E-state index in [1.54, 1.807) is 40.0 Å². The van der Waals surface area contributed by atoms with Gasteiger partial charge in [0.05, 0.1) is 28.2 Å². The predicted molar refractivity (Wildman–Crippen MR) is 139 cm³/mol. The zero-order chi connectivity index (χ0) is 26.8. The van der Waals surface area contributed by atoms with Crippen LogP contribution in [0.5, 0.6) is 5.75 Å². The van der Waals surface area contributed by atoms with Crippen LogP contribution in [0.3, 0.4) is 0 Å². The summed E-state index contributed by atoms with van der Waals surface area (Å²) in [6.07, 6.45) is 5.56. The molecule has 3 rings (SSSR count). The molecule has 3 heterocycles. The van der Waals surface area contributed by atoms with Gasteiger partial charge in [-0.2, -0.15) is 0 Å². The van der Waals surface area contributed by atoms with Crippen molar-refractivity contribution in [2.75, 3.05) is 0 Å². The molecule has 0 aliphatic carbocycles. The topological polar surface area (TPSA) is 116 Å². The number of hydrogen-bond donors (Lipinski definition) is 2. The molecule has 0 unspecified atom stereocenters. The SMILES string of the molecule is Cc1cnc(N=CC=C(N)C(C)(C)O)c(C)c1-n1c(C)cc(OCc2ncc(F)cc2Cl)c(Cl)c1=O. The van der Waals surface area contributed by atoms with E-state index in [0.717, 1.165) is 17.8 Å². The summed E-state index contributed by atoms with van der Waals surface area (Å²) >= 11 is 12.4. The molecule has 0 saturated heterocycles. The minimum Gasteiger partial charge on any atom is -0.485 e.